The molecule has 0 saturated heterocycles. The van der Waals surface area contributed by atoms with E-state index in [4.69, 9.17) is 4.74 Å². The van der Waals surface area contributed by atoms with Gasteiger partial charge in [0.2, 0.25) is 5.88 Å². The zero-order valence-corrected chi connectivity index (χ0v) is 10.7. The van der Waals surface area contributed by atoms with E-state index in [9.17, 15) is 0 Å². The second-order valence-corrected chi connectivity index (χ2v) is 3.99. The van der Waals surface area contributed by atoms with E-state index in [0.717, 1.165) is 11.4 Å². The average Bonchev–Trinajstić information content (AvgIpc) is 2.39. The van der Waals surface area contributed by atoms with Crippen LogP contribution in [0, 0.1) is 6.92 Å². The van der Waals surface area contributed by atoms with Gasteiger partial charge in [-0.25, -0.2) is 4.98 Å². The number of nitrogens with one attached hydrogen (secondary N) is 1. The van der Waals surface area contributed by atoms with Gasteiger partial charge in [-0.2, -0.15) is 4.98 Å². The Bertz CT molecular complexity index is 516. The Morgan fingerprint density at radius 1 is 1.22 bits per heavy atom. The van der Waals surface area contributed by atoms with Crippen LogP contribution >= 0.6 is 0 Å². The van der Waals surface area contributed by atoms with Crippen molar-refractivity contribution in [1.29, 1.82) is 0 Å². The Labute approximate surface area is 106 Å². The van der Waals surface area contributed by atoms with Crippen LogP contribution < -0.4 is 10.1 Å². The van der Waals surface area contributed by atoms with Gasteiger partial charge in [-0.15, -0.1) is 0 Å². The Morgan fingerprint density at radius 3 is 2.61 bits per heavy atom. The van der Waals surface area contributed by atoms with Crippen LogP contribution in [0.4, 0.5) is 5.82 Å². The number of pyridine rings is 1. The number of methoxy groups -OCH3 is 1. The van der Waals surface area contributed by atoms with Gasteiger partial charge in [0.25, 0.3) is 0 Å². The predicted octanol–water partition coefficient (Wildman–Crippen LogP) is 2.36. The molecule has 0 bridgehead atoms. The van der Waals surface area contributed by atoms with Gasteiger partial charge in [0.1, 0.15) is 11.6 Å². The fourth-order valence-corrected chi connectivity index (χ4v) is 1.68. The van der Waals surface area contributed by atoms with Crippen LogP contribution in [0.15, 0.2) is 30.6 Å². The van der Waals surface area contributed by atoms with E-state index >= 15 is 0 Å². The average molecular weight is 244 g/mol. The zero-order chi connectivity index (χ0) is 13.0. The van der Waals surface area contributed by atoms with Crippen LogP contribution in [0.3, 0.4) is 0 Å². The SMILES string of the molecule is COc1cc(NC(C)c2ccncc2)nc(C)n1. The lowest BCUT2D eigenvalue weighted by atomic mass is 10.1. The van der Waals surface area contributed by atoms with Crippen LogP contribution in [0.25, 0.3) is 0 Å². The van der Waals surface area contributed by atoms with Crippen molar-refractivity contribution in [3.8, 4) is 5.88 Å². The normalized spacial score (nSPS) is 11.9. The summed E-state index contributed by atoms with van der Waals surface area (Å²) in [5, 5.41) is 3.31. The lowest BCUT2D eigenvalue weighted by Gasteiger charge is -2.15. The standard InChI is InChI=1S/C13H16N4O/c1-9(11-4-6-14-7-5-11)15-12-8-13(18-3)17-10(2)16-12/h4-9H,1-3H3,(H,15,16,17). The molecule has 0 aromatic carbocycles. The molecule has 94 valence electrons. The highest BCUT2D eigenvalue weighted by Crippen LogP contribution is 2.19. The first kappa shape index (κ1) is 12.3. The molecule has 2 heterocycles. The molecule has 0 aliphatic carbocycles. The van der Waals surface area contributed by atoms with Crippen LogP contribution in [-0.2, 0) is 0 Å². The Kier molecular flexibility index (Phi) is 3.72. The zero-order valence-electron chi connectivity index (χ0n) is 10.7. The summed E-state index contributed by atoms with van der Waals surface area (Å²) < 4.78 is 5.12. The minimum Gasteiger partial charge on any atom is -0.481 e. The lowest BCUT2D eigenvalue weighted by molar-refractivity contribution is 0.396. The summed E-state index contributed by atoms with van der Waals surface area (Å²) in [6.45, 7) is 3.91. The third-order valence-corrected chi connectivity index (χ3v) is 2.59. The van der Waals surface area contributed by atoms with E-state index in [1.807, 2.05) is 19.1 Å². The van der Waals surface area contributed by atoms with E-state index in [-0.39, 0.29) is 6.04 Å². The third kappa shape index (κ3) is 2.94. The smallest absolute Gasteiger partial charge is 0.218 e. The molecule has 0 aliphatic rings. The van der Waals surface area contributed by atoms with E-state index in [1.54, 1.807) is 25.6 Å². The number of hydrogen-bond donors (Lipinski definition) is 1. The highest BCUT2D eigenvalue weighted by Gasteiger charge is 2.07. The molecule has 1 unspecified atom stereocenters. The largest absolute Gasteiger partial charge is 0.481 e. The van der Waals surface area contributed by atoms with Gasteiger partial charge in [-0.1, -0.05) is 0 Å². The molecule has 1 N–H and O–H groups in total. The molecule has 5 nitrogen and oxygen atoms in total. The van der Waals surface area contributed by atoms with Crippen LogP contribution in [0.1, 0.15) is 24.4 Å². The summed E-state index contributed by atoms with van der Waals surface area (Å²) in [5.41, 5.74) is 1.15. The van der Waals surface area contributed by atoms with Crippen molar-refractivity contribution in [2.75, 3.05) is 12.4 Å². The fraction of sp³-hybridized carbons (Fsp3) is 0.308. The van der Waals surface area contributed by atoms with Crippen molar-refractivity contribution >= 4 is 5.82 Å². The van der Waals surface area contributed by atoms with Gasteiger partial charge >= 0.3 is 0 Å². The van der Waals surface area contributed by atoms with Crippen molar-refractivity contribution < 1.29 is 4.74 Å². The van der Waals surface area contributed by atoms with Crippen molar-refractivity contribution in [3.05, 3.63) is 42.0 Å². The number of hydrogen-bond acceptors (Lipinski definition) is 5. The minimum atomic E-state index is 0.145. The number of rotatable bonds is 4. The molecule has 5 heteroatoms. The number of nitrogens with zero attached hydrogens (tertiary/aromatic N) is 3. The second kappa shape index (κ2) is 5.44. The molecule has 1 atom stereocenters. The molecule has 2 aromatic heterocycles. The maximum absolute atomic E-state index is 5.12. The molecule has 0 radical (unpaired) electrons. The molecule has 18 heavy (non-hydrogen) atoms. The third-order valence-electron chi connectivity index (χ3n) is 2.59. The highest BCUT2D eigenvalue weighted by atomic mass is 16.5. The number of anilines is 1. The van der Waals surface area contributed by atoms with Crippen LogP contribution in [0.5, 0.6) is 5.88 Å². The maximum Gasteiger partial charge on any atom is 0.218 e. The van der Waals surface area contributed by atoms with Crippen molar-refractivity contribution in [2.24, 2.45) is 0 Å². The summed E-state index contributed by atoms with van der Waals surface area (Å²) in [6, 6.07) is 5.88. The van der Waals surface area contributed by atoms with Crippen LogP contribution in [-0.4, -0.2) is 22.1 Å². The van der Waals surface area contributed by atoms with E-state index in [0.29, 0.717) is 11.7 Å². The Hall–Kier alpha value is -2.17. The fourth-order valence-electron chi connectivity index (χ4n) is 1.68. The highest BCUT2D eigenvalue weighted by molar-refractivity contribution is 5.41. The van der Waals surface area contributed by atoms with Crippen LogP contribution in [0.2, 0.25) is 0 Å². The molecule has 0 saturated carbocycles. The molecular formula is C13H16N4O. The van der Waals surface area contributed by atoms with Crippen molar-refractivity contribution in [3.63, 3.8) is 0 Å². The predicted molar refractivity (Wildman–Crippen MR) is 69.6 cm³/mol. The number of aryl methyl sites for hydroxylation is 1. The molecule has 0 spiro atoms. The molecular weight excluding hydrogens is 228 g/mol. The topological polar surface area (TPSA) is 59.9 Å². The molecule has 0 aliphatic heterocycles. The maximum atomic E-state index is 5.12. The summed E-state index contributed by atoms with van der Waals surface area (Å²) >= 11 is 0. The van der Waals surface area contributed by atoms with Gasteiger partial charge in [-0.3, -0.25) is 4.98 Å². The first-order valence-electron chi connectivity index (χ1n) is 5.75. The van der Waals surface area contributed by atoms with E-state index < -0.39 is 0 Å². The Morgan fingerprint density at radius 2 is 1.94 bits per heavy atom. The summed E-state index contributed by atoms with van der Waals surface area (Å²) in [6.07, 6.45) is 3.55. The van der Waals surface area contributed by atoms with Gasteiger partial charge in [0, 0.05) is 18.5 Å². The summed E-state index contributed by atoms with van der Waals surface area (Å²) in [5.74, 6) is 1.99. The monoisotopic (exact) mass is 244 g/mol. The molecule has 0 fully saturated rings. The second-order valence-electron chi connectivity index (χ2n) is 3.99. The number of aromatic nitrogens is 3. The summed E-state index contributed by atoms with van der Waals surface area (Å²) in [7, 11) is 1.60. The summed E-state index contributed by atoms with van der Waals surface area (Å²) in [4.78, 5) is 12.5. The minimum absolute atomic E-state index is 0.145. The molecule has 0 amide bonds. The van der Waals surface area contributed by atoms with Crippen molar-refractivity contribution in [1.82, 2.24) is 15.0 Å². The quantitative estimate of drug-likeness (QED) is 0.894. The Balaban J connectivity index is 2.16. The van der Waals surface area contributed by atoms with E-state index in [1.165, 1.54) is 0 Å². The first-order chi connectivity index (χ1) is 8.69. The molecule has 2 aromatic rings. The molecule has 2 rings (SSSR count). The van der Waals surface area contributed by atoms with Gasteiger partial charge in [0.05, 0.1) is 13.2 Å². The lowest BCUT2D eigenvalue weighted by Crippen LogP contribution is -2.09. The van der Waals surface area contributed by atoms with Gasteiger partial charge < -0.3 is 10.1 Å². The van der Waals surface area contributed by atoms with Gasteiger partial charge in [0.15, 0.2) is 0 Å². The van der Waals surface area contributed by atoms with E-state index in [2.05, 4.69) is 27.2 Å². The van der Waals surface area contributed by atoms with Gasteiger partial charge in [-0.05, 0) is 31.5 Å². The number of ether oxygens (including phenoxy) is 1. The van der Waals surface area contributed by atoms with Crippen molar-refractivity contribution in [2.45, 2.75) is 19.9 Å². The first-order valence-corrected chi connectivity index (χ1v) is 5.75.